The van der Waals surface area contributed by atoms with E-state index in [0.29, 0.717) is 0 Å². The highest BCUT2D eigenvalue weighted by atomic mass is 35.5. The van der Waals surface area contributed by atoms with Gasteiger partial charge in [-0.2, -0.15) is 5.21 Å². The lowest BCUT2D eigenvalue weighted by atomic mass is 9.91. The van der Waals surface area contributed by atoms with Crippen LogP contribution >= 0.6 is 12.4 Å². The van der Waals surface area contributed by atoms with Gasteiger partial charge in [0.25, 0.3) is 5.95 Å². The maximum Gasteiger partial charge on any atom is 0.269 e. The summed E-state index contributed by atoms with van der Waals surface area (Å²) in [6, 6.07) is 0.200. The highest BCUT2D eigenvalue weighted by Gasteiger charge is 2.27. The first-order chi connectivity index (χ1) is 7.27. The van der Waals surface area contributed by atoms with Gasteiger partial charge in [-0.3, -0.25) is 10.1 Å². The Balaban J connectivity index is 0.00000128. The summed E-state index contributed by atoms with van der Waals surface area (Å²) in [6.07, 6.45) is 1.92. The molecule has 0 saturated carbocycles. The van der Waals surface area contributed by atoms with Crippen LogP contribution in [-0.2, 0) is 4.79 Å². The van der Waals surface area contributed by atoms with Crippen LogP contribution in [0, 0.1) is 5.92 Å². The zero-order chi connectivity index (χ0) is 10.7. The molecular formula is C8H15ClN6O. The van der Waals surface area contributed by atoms with Gasteiger partial charge in [0.1, 0.15) is 0 Å². The van der Waals surface area contributed by atoms with Gasteiger partial charge in [0.2, 0.25) is 5.91 Å². The van der Waals surface area contributed by atoms with Crippen LogP contribution in [0.4, 0.5) is 5.95 Å². The van der Waals surface area contributed by atoms with Gasteiger partial charge in [0.15, 0.2) is 0 Å². The first-order valence-electron chi connectivity index (χ1n) is 5.05. The molecule has 90 valence electrons. The molecule has 0 unspecified atom stereocenters. The van der Waals surface area contributed by atoms with Crippen molar-refractivity contribution in [3.05, 3.63) is 0 Å². The number of hydrogen-bond acceptors (Lipinski definition) is 5. The second kappa shape index (κ2) is 5.76. The fourth-order valence-electron chi connectivity index (χ4n) is 1.82. The zero-order valence-electron chi connectivity index (χ0n) is 8.93. The Bertz CT molecular complexity index is 329. The molecule has 1 aromatic heterocycles. The molecule has 1 fully saturated rings. The van der Waals surface area contributed by atoms with Crippen LogP contribution in [0.5, 0.6) is 0 Å². The molecule has 3 N–H and O–H groups in total. The largest absolute Gasteiger partial charge is 0.313 e. The number of piperidine rings is 1. The van der Waals surface area contributed by atoms with E-state index in [1.165, 1.54) is 0 Å². The van der Waals surface area contributed by atoms with Gasteiger partial charge in [-0.25, -0.2) is 0 Å². The number of tetrazole rings is 1. The summed E-state index contributed by atoms with van der Waals surface area (Å²) in [5.74, 6) is 0.172. The number of H-pyrrole nitrogens is 1. The van der Waals surface area contributed by atoms with Crippen molar-refractivity contribution in [2.75, 3.05) is 11.9 Å². The summed E-state index contributed by atoms with van der Waals surface area (Å²) in [4.78, 5) is 11.8. The number of carbonyl (C=O) groups is 1. The van der Waals surface area contributed by atoms with Gasteiger partial charge < -0.3 is 5.32 Å². The SMILES string of the molecule is C[C@H]1NCCC[C@H]1C(=O)Nc1nn[nH]n1.Cl. The van der Waals surface area contributed by atoms with Crippen LogP contribution in [-0.4, -0.2) is 39.1 Å². The van der Waals surface area contributed by atoms with E-state index in [1.54, 1.807) is 0 Å². The highest BCUT2D eigenvalue weighted by molar-refractivity contribution is 5.91. The van der Waals surface area contributed by atoms with Gasteiger partial charge in [-0.05, 0) is 31.5 Å². The van der Waals surface area contributed by atoms with Crippen molar-refractivity contribution in [2.45, 2.75) is 25.8 Å². The van der Waals surface area contributed by atoms with Crippen molar-refractivity contribution in [1.82, 2.24) is 25.9 Å². The zero-order valence-corrected chi connectivity index (χ0v) is 9.75. The number of aromatic amines is 1. The van der Waals surface area contributed by atoms with E-state index in [0.717, 1.165) is 19.4 Å². The Hall–Kier alpha value is -1.21. The van der Waals surface area contributed by atoms with E-state index in [2.05, 4.69) is 31.3 Å². The van der Waals surface area contributed by atoms with E-state index in [-0.39, 0.29) is 36.2 Å². The van der Waals surface area contributed by atoms with Crippen molar-refractivity contribution < 1.29 is 4.79 Å². The third kappa shape index (κ3) is 2.89. The molecule has 0 spiro atoms. The van der Waals surface area contributed by atoms with Crippen LogP contribution in [0.25, 0.3) is 0 Å². The Kier molecular flexibility index (Phi) is 4.63. The predicted octanol–water partition coefficient (Wildman–Crippen LogP) is -0.0519. The Morgan fingerprint density at radius 1 is 1.56 bits per heavy atom. The minimum absolute atomic E-state index is 0. The van der Waals surface area contributed by atoms with Gasteiger partial charge in [-0.15, -0.1) is 17.5 Å². The molecule has 1 aliphatic rings. The lowest BCUT2D eigenvalue weighted by Gasteiger charge is -2.28. The number of halogens is 1. The number of nitrogens with zero attached hydrogens (tertiary/aromatic N) is 3. The summed E-state index contributed by atoms with van der Waals surface area (Å²) in [5.41, 5.74) is 0. The fraction of sp³-hybridized carbons (Fsp3) is 0.750. The number of rotatable bonds is 2. The molecule has 1 saturated heterocycles. The highest BCUT2D eigenvalue weighted by Crippen LogP contribution is 2.17. The van der Waals surface area contributed by atoms with Crippen molar-refractivity contribution in [3.63, 3.8) is 0 Å². The fourth-order valence-corrected chi connectivity index (χ4v) is 1.82. The quantitative estimate of drug-likeness (QED) is 0.680. The molecule has 2 rings (SSSR count). The topological polar surface area (TPSA) is 95.6 Å². The second-order valence-electron chi connectivity index (χ2n) is 3.72. The molecule has 0 bridgehead atoms. The van der Waals surface area contributed by atoms with Crippen molar-refractivity contribution in [3.8, 4) is 0 Å². The minimum Gasteiger partial charge on any atom is -0.313 e. The normalized spacial score (nSPS) is 24.6. The van der Waals surface area contributed by atoms with E-state index >= 15 is 0 Å². The van der Waals surface area contributed by atoms with Crippen molar-refractivity contribution in [1.29, 1.82) is 0 Å². The number of amides is 1. The standard InChI is InChI=1S/C8H14N6O.ClH/c1-5-6(3-2-4-9-5)7(15)10-8-11-13-14-12-8;/h5-6,9H,2-4H2,1H3,(H2,10,11,12,13,14,15);1H/t5-,6-;/m1./s1. The third-order valence-corrected chi connectivity index (χ3v) is 2.68. The van der Waals surface area contributed by atoms with Crippen molar-refractivity contribution >= 4 is 24.3 Å². The van der Waals surface area contributed by atoms with Crippen LogP contribution in [0.3, 0.4) is 0 Å². The van der Waals surface area contributed by atoms with Gasteiger partial charge in [0.05, 0.1) is 5.92 Å². The van der Waals surface area contributed by atoms with Crippen molar-refractivity contribution in [2.24, 2.45) is 5.92 Å². The number of anilines is 1. The Morgan fingerprint density at radius 2 is 2.38 bits per heavy atom. The van der Waals surface area contributed by atoms with E-state index in [4.69, 9.17) is 0 Å². The van der Waals surface area contributed by atoms with Gasteiger partial charge >= 0.3 is 0 Å². The number of aromatic nitrogens is 4. The third-order valence-electron chi connectivity index (χ3n) is 2.68. The van der Waals surface area contributed by atoms with Crippen LogP contribution in [0.2, 0.25) is 0 Å². The molecule has 1 amide bonds. The monoisotopic (exact) mass is 246 g/mol. The summed E-state index contributed by atoms with van der Waals surface area (Å²) in [7, 11) is 0. The second-order valence-corrected chi connectivity index (χ2v) is 3.72. The molecular weight excluding hydrogens is 232 g/mol. The molecule has 2 heterocycles. The van der Waals surface area contributed by atoms with E-state index in [1.807, 2.05) is 6.92 Å². The van der Waals surface area contributed by atoms with Crippen LogP contribution in [0.15, 0.2) is 0 Å². The van der Waals surface area contributed by atoms with Crippen LogP contribution < -0.4 is 10.6 Å². The van der Waals surface area contributed by atoms with Gasteiger partial charge in [0, 0.05) is 6.04 Å². The van der Waals surface area contributed by atoms with Gasteiger partial charge in [-0.1, -0.05) is 5.10 Å². The number of nitrogens with one attached hydrogen (secondary N) is 3. The molecule has 16 heavy (non-hydrogen) atoms. The first kappa shape index (κ1) is 12.9. The minimum atomic E-state index is -0.0453. The Labute approximate surface area is 99.2 Å². The number of carbonyl (C=O) groups excluding carboxylic acids is 1. The summed E-state index contributed by atoms with van der Waals surface area (Å²) in [6.45, 7) is 2.99. The summed E-state index contributed by atoms with van der Waals surface area (Å²) in [5, 5.41) is 18.9. The average Bonchev–Trinajstić information content (AvgIpc) is 2.71. The lowest BCUT2D eigenvalue weighted by molar-refractivity contribution is -0.121. The molecule has 2 atom stereocenters. The molecule has 1 aromatic rings. The maximum absolute atomic E-state index is 11.8. The Morgan fingerprint density at radius 3 is 3.00 bits per heavy atom. The molecule has 7 nitrogen and oxygen atoms in total. The molecule has 0 radical (unpaired) electrons. The van der Waals surface area contributed by atoms with E-state index < -0.39 is 0 Å². The van der Waals surface area contributed by atoms with Crippen LogP contribution in [0.1, 0.15) is 19.8 Å². The lowest BCUT2D eigenvalue weighted by Crippen LogP contribution is -2.44. The summed E-state index contributed by atoms with van der Waals surface area (Å²) < 4.78 is 0. The molecule has 8 heteroatoms. The molecule has 0 aliphatic carbocycles. The smallest absolute Gasteiger partial charge is 0.269 e. The summed E-state index contributed by atoms with van der Waals surface area (Å²) >= 11 is 0. The predicted molar refractivity (Wildman–Crippen MR) is 60.2 cm³/mol. The average molecular weight is 247 g/mol. The molecule has 0 aromatic carbocycles. The molecule has 1 aliphatic heterocycles. The first-order valence-corrected chi connectivity index (χ1v) is 5.05. The van der Waals surface area contributed by atoms with E-state index in [9.17, 15) is 4.79 Å². The maximum atomic E-state index is 11.8. The number of hydrogen-bond donors (Lipinski definition) is 3.